The highest BCUT2D eigenvalue weighted by atomic mass is 16.2. The number of carbonyl (C=O) groups excluding carboxylic acids is 1. The first-order valence-electron chi connectivity index (χ1n) is 11.2. The Morgan fingerprint density at radius 2 is 1.68 bits per heavy atom. The summed E-state index contributed by atoms with van der Waals surface area (Å²) in [7, 11) is 0. The third kappa shape index (κ3) is 3.60. The Labute approximate surface area is 179 Å². The molecule has 1 aromatic carbocycles. The van der Waals surface area contributed by atoms with Gasteiger partial charge in [-0.15, -0.1) is 0 Å². The lowest BCUT2D eigenvalue weighted by Crippen LogP contribution is -2.45. The van der Waals surface area contributed by atoms with Crippen molar-refractivity contribution >= 4 is 17.1 Å². The first-order chi connectivity index (χ1) is 15.1. The van der Waals surface area contributed by atoms with Gasteiger partial charge in [0.05, 0.1) is 12.9 Å². The average molecular weight is 422 g/mol. The Bertz CT molecular complexity index is 1210. The normalized spacial score (nSPS) is 17.1. The number of amides is 1. The second-order valence-corrected chi connectivity index (χ2v) is 8.60. The largest absolute Gasteiger partial charge is 0.341 e. The van der Waals surface area contributed by atoms with Crippen molar-refractivity contribution in [1.29, 1.82) is 0 Å². The molecule has 2 aromatic heterocycles. The van der Waals surface area contributed by atoms with E-state index >= 15 is 0 Å². The van der Waals surface area contributed by atoms with Gasteiger partial charge in [-0.1, -0.05) is 43.2 Å². The van der Waals surface area contributed by atoms with Crippen molar-refractivity contribution in [3.05, 3.63) is 63.1 Å². The van der Waals surface area contributed by atoms with Crippen molar-refractivity contribution in [2.24, 2.45) is 0 Å². The van der Waals surface area contributed by atoms with Crippen LogP contribution in [0.1, 0.15) is 50.1 Å². The zero-order valence-electron chi connectivity index (χ0n) is 17.6. The topological polar surface area (TPSA) is 82.1 Å². The SMILES string of the molecule is O=C(Cn1c(=O)c2c(ncn2C2CCCC2)n(Cc2ccccc2)c1=O)N1CCCC1. The van der Waals surface area contributed by atoms with Crippen LogP contribution in [0.3, 0.4) is 0 Å². The number of aromatic nitrogens is 4. The van der Waals surface area contributed by atoms with Crippen LogP contribution in [0.2, 0.25) is 0 Å². The summed E-state index contributed by atoms with van der Waals surface area (Å²) in [4.78, 5) is 45.9. The lowest BCUT2D eigenvalue weighted by molar-refractivity contribution is -0.130. The van der Waals surface area contributed by atoms with Gasteiger partial charge in [-0.2, -0.15) is 0 Å². The molecule has 3 aromatic rings. The molecule has 31 heavy (non-hydrogen) atoms. The Balaban J connectivity index is 1.65. The van der Waals surface area contributed by atoms with Gasteiger partial charge in [-0.05, 0) is 31.2 Å². The van der Waals surface area contributed by atoms with Gasteiger partial charge >= 0.3 is 5.69 Å². The van der Waals surface area contributed by atoms with Gasteiger partial charge in [0, 0.05) is 19.1 Å². The molecular weight excluding hydrogens is 394 g/mol. The zero-order chi connectivity index (χ0) is 21.4. The summed E-state index contributed by atoms with van der Waals surface area (Å²) in [5.41, 5.74) is 0.872. The molecule has 1 aliphatic carbocycles. The van der Waals surface area contributed by atoms with Crippen molar-refractivity contribution in [2.45, 2.75) is 57.7 Å². The van der Waals surface area contributed by atoms with Crippen LogP contribution < -0.4 is 11.2 Å². The second kappa shape index (κ2) is 8.17. The molecule has 3 heterocycles. The third-order valence-electron chi connectivity index (χ3n) is 6.59. The van der Waals surface area contributed by atoms with E-state index in [4.69, 9.17) is 0 Å². The molecule has 1 aliphatic heterocycles. The van der Waals surface area contributed by atoms with Crippen LogP contribution in [0.25, 0.3) is 11.2 Å². The van der Waals surface area contributed by atoms with Gasteiger partial charge in [0.25, 0.3) is 5.56 Å². The number of hydrogen-bond donors (Lipinski definition) is 0. The maximum Gasteiger partial charge on any atom is 0.333 e. The first-order valence-corrected chi connectivity index (χ1v) is 11.2. The van der Waals surface area contributed by atoms with E-state index in [-0.39, 0.29) is 18.5 Å². The minimum atomic E-state index is -0.481. The summed E-state index contributed by atoms with van der Waals surface area (Å²) < 4.78 is 4.58. The van der Waals surface area contributed by atoms with Gasteiger partial charge in [0.2, 0.25) is 5.91 Å². The van der Waals surface area contributed by atoms with E-state index in [0.29, 0.717) is 30.8 Å². The molecule has 0 unspecified atom stereocenters. The molecule has 2 fully saturated rings. The standard InChI is InChI=1S/C23H27N5O3/c29-19(25-12-6-7-13-25)15-27-22(30)20-21(24-16-28(20)18-10-4-5-11-18)26(23(27)31)14-17-8-2-1-3-9-17/h1-3,8-9,16,18H,4-7,10-15H2. The Morgan fingerprint density at radius 1 is 0.968 bits per heavy atom. The first kappa shape index (κ1) is 19.8. The maximum absolute atomic E-state index is 13.5. The van der Waals surface area contributed by atoms with E-state index in [9.17, 15) is 14.4 Å². The van der Waals surface area contributed by atoms with Gasteiger partial charge in [-0.3, -0.25) is 14.2 Å². The van der Waals surface area contributed by atoms with Crippen LogP contribution in [-0.4, -0.2) is 42.6 Å². The van der Waals surface area contributed by atoms with Gasteiger partial charge in [0.15, 0.2) is 11.2 Å². The van der Waals surface area contributed by atoms with Crippen molar-refractivity contribution < 1.29 is 4.79 Å². The van der Waals surface area contributed by atoms with E-state index < -0.39 is 11.2 Å². The number of rotatable bonds is 5. The number of likely N-dealkylation sites (tertiary alicyclic amines) is 1. The number of nitrogens with zero attached hydrogens (tertiary/aromatic N) is 5. The maximum atomic E-state index is 13.5. The number of imidazole rings is 1. The molecule has 0 radical (unpaired) electrons. The van der Waals surface area contributed by atoms with Crippen molar-refractivity contribution in [1.82, 2.24) is 23.6 Å². The van der Waals surface area contributed by atoms with Gasteiger partial charge in [0.1, 0.15) is 6.54 Å². The minimum Gasteiger partial charge on any atom is -0.341 e. The Hall–Kier alpha value is -3.16. The Kier molecular flexibility index (Phi) is 5.21. The summed E-state index contributed by atoms with van der Waals surface area (Å²) >= 11 is 0. The molecule has 5 rings (SSSR count). The number of fused-ring (bicyclic) bond motifs is 1. The van der Waals surface area contributed by atoms with Crippen LogP contribution in [0, 0.1) is 0 Å². The summed E-state index contributed by atoms with van der Waals surface area (Å²) in [5.74, 6) is -0.172. The van der Waals surface area contributed by atoms with Crippen LogP contribution in [0.15, 0.2) is 46.2 Å². The molecule has 2 aliphatic rings. The van der Waals surface area contributed by atoms with E-state index in [0.717, 1.165) is 48.7 Å². The molecule has 162 valence electrons. The quantitative estimate of drug-likeness (QED) is 0.632. The monoisotopic (exact) mass is 421 g/mol. The van der Waals surface area contributed by atoms with Crippen molar-refractivity contribution in [2.75, 3.05) is 13.1 Å². The summed E-state index contributed by atoms with van der Waals surface area (Å²) in [5, 5.41) is 0. The van der Waals surface area contributed by atoms with Crippen molar-refractivity contribution in [3.8, 4) is 0 Å². The van der Waals surface area contributed by atoms with Crippen LogP contribution in [-0.2, 0) is 17.9 Å². The average Bonchev–Trinajstić information content (AvgIpc) is 3.55. The van der Waals surface area contributed by atoms with E-state index in [1.807, 2.05) is 34.9 Å². The molecule has 1 saturated carbocycles. The van der Waals surface area contributed by atoms with Crippen molar-refractivity contribution in [3.63, 3.8) is 0 Å². The molecule has 0 N–H and O–H groups in total. The highest BCUT2D eigenvalue weighted by Gasteiger charge is 2.26. The van der Waals surface area contributed by atoms with Gasteiger partial charge < -0.3 is 9.47 Å². The number of benzene rings is 1. The predicted octanol–water partition coefficient (Wildman–Crippen LogP) is 2.15. The fraction of sp³-hybridized carbons (Fsp3) is 0.478. The van der Waals surface area contributed by atoms with Gasteiger partial charge in [-0.25, -0.2) is 14.3 Å². The summed E-state index contributed by atoms with van der Waals surface area (Å²) in [6.45, 7) is 1.45. The highest BCUT2D eigenvalue weighted by Crippen LogP contribution is 2.31. The molecule has 0 spiro atoms. The van der Waals surface area contributed by atoms with Crippen LogP contribution in [0.5, 0.6) is 0 Å². The fourth-order valence-electron chi connectivity index (χ4n) is 4.91. The number of carbonyl (C=O) groups is 1. The summed E-state index contributed by atoms with van der Waals surface area (Å²) in [6, 6.07) is 9.85. The lowest BCUT2D eigenvalue weighted by atomic mass is 10.2. The van der Waals surface area contributed by atoms with Crippen LogP contribution >= 0.6 is 0 Å². The smallest absolute Gasteiger partial charge is 0.333 e. The molecule has 0 atom stereocenters. The predicted molar refractivity (Wildman–Crippen MR) is 117 cm³/mol. The van der Waals surface area contributed by atoms with E-state index in [2.05, 4.69) is 4.98 Å². The molecule has 8 heteroatoms. The van der Waals surface area contributed by atoms with Crippen LogP contribution in [0.4, 0.5) is 0 Å². The zero-order valence-corrected chi connectivity index (χ0v) is 17.6. The second-order valence-electron chi connectivity index (χ2n) is 8.60. The third-order valence-corrected chi connectivity index (χ3v) is 6.59. The Morgan fingerprint density at radius 3 is 2.39 bits per heavy atom. The fourth-order valence-corrected chi connectivity index (χ4v) is 4.91. The van der Waals surface area contributed by atoms with E-state index in [1.165, 1.54) is 4.57 Å². The molecule has 1 amide bonds. The minimum absolute atomic E-state index is 0.172. The van der Waals surface area contributed by atoms with E-state index in [1.54, 1.807) is 11.2 Å². The number of hydrogen-bond acceptors (Lipinski definition) is 4. The summed E-state index contributed by atoms with van der Waals surface area (Å²) in [6.07, 6.45) is 7.85. The molecule has 8 nitrogen and oxygen atoms in total. The lowest BCUT2D eigenvalue weighted by Gasteiger charge is -2.18. The molecule has 0 bridgehead atoms. The molecular formula is C23H27N5O3. The molecule has 1 saturated heterocycles. The highest BCUT2D eigenvalue weighted by molar-refractivity contribution is 5.77.